The highest BCUT2D eigenvalue weighted by atomic mass is 79.9. The molecule has 0 unspecified atom stereocenters. The van der Waals surface area contributed by atoms with Gasteiger partial charge in [-0.1, -0.05) is 34.1 Å². The second kappa shape index (κ2) is 7.27. The van der Waals surface area contributed by atoms with Crippen LogP contribution in [0.1, 0.15) is 35.8 Å². The Bertz CT molecular complexity index is 610. The number of carbonyl (C=O) groups excluding carboxylic acids is 1. The molecule has 0 radical (unpaired) electrons. The average Bonchev–Trinajstić information content (AvgIpc) is 2.50. The van der Waals surface area contributed by atoms with Gasteiger partial charge in [0.2, 0.25) is 0 Å². The van der Waals surface area contributed by atoms with E-state index >= 15 is 0 Å². The van der Waals surface area contributed by atoms with E-state index in [0.717, 1.165) is 15.7 Å². The van der Waals surface area contributed by atoms with Gasteiger partial charge in [0.1, 0.15) is 0 Å². The maximum Gasteiger partial charge on any atom is 0.338 e. The summed E-state index contributed by atoms with van der Waals surface area (Å²) in [4.78, 5) is 12.0. The summed E-state index contributed by atoms with van der Waals surface area (Å²) in [6.45, 7) is 4.21. The summed E-state index contributed by atoms with van der Waals surface area (Å²) in [5.74, 6) is -0.280. The molecule has 0 spiro atoms. The molecular formula is C17H18BrNO2. The number of esters is 1. The van der Waals surface area contributed by atoms with Gasteiger partial charge in [0, 0.05) is 16.2 Å². The van der Waals surface area contributed by atoms with E-state index in [9.17, 15) is 4.79 Å². The van der Waals surface area contributed by atoms with Crippen LogP contribution in [0.25, 0.3) is 0 Å². The first-order valence-electron chi connectivity index (χ1n) is 6.90. The molecule has 2 rings (SSSR count). The topological polar surface area (TPSA) is 38.3 Å². The molecule has 0 aromatic heterocycles. The maximum atomic E-state index is 12.0. The third-order valence-corrected chi connectivity index (χ3v) is 3.68. The molecular weight excluding hydrogens is 330 g/mol. The van der Waals surface area contributed by atoms with E-state index in [1.54, 1.807) is 6.07 Å². The minimum Gasteiger partial charge on any atom is -0.462 e. The Morgan fingerprint density at radius 1 is 1.19 bits per heavy atom. The summed E-state index contributed by atoms with van der Waals surface area (Å²) in [6, 6.07) is 15.5. The molecule has 1 N–H and O–H groups in total. The molecule has 0 saturated carbocycles. The van der Waals surface area contributed by atoms with Crippen molar-refractivity contribution < 1.29 is 9.53 Å². The maximum absolute atomic E-state index is 12.0. The second-order valence-corrected chi connectivity index (χ2v) is 5.60. The highest BCUT2D eigenvalue weighted by Gasteiger charge is 2.16. The molecule has 110 valence electrons. The van der Waals surface area contributed by atoms with E-state index in [1.807, 2.05) is 56.3 Å². The number of hydrogen-bond donors (Lipinski definition) is 1. The van der Waals surface area contributed by atoms with Crippen LogP contribution in [0.15, 0.2) is 53.0 Å². The average molecular weight is 348 g/mol. The molecule has 0 aliphatic carbocycles. The van der Waals surface area contributed by atoms with Crippen molar-refractivity contribution in [1.29, 1.82) is 0 Å². The molecule has 0 amide bonds. The molecule has 0 bridgehead atoms. The summed E-state index contributed by atoms with van der Waals surface area (Å²) in [7, 11) is 0. The van der Waals surface area contributed by atoms with Crippen molar-refractivity contribution in [3.8, 4) is 0 Å². The van der Waals surface area contributed by atoms with Crippen molar-refractivity contribution in [2.75, 3.05) is 11.9 Å². The Kier molecular flexibility index (Phi) is 5.39. The van der Waals surface area contributed by atoms with Crippen molar-refractivity contribution in [2.24, 2.45) is 0 Å². The normalized spacial score (nSPS) is 11.8. The lowest BCUT2D eigenvalue weighted by Gasteiger charge is -2.18. The van der Waals surface area contributed by atoms with Gasteiger partial charge in [-0.3, -0.25) is 0 Å². The zero-order valence-electron chi connectivity index (χ0n) is 12.1. The molecule has 3 nitrogen and oxygen atoms in total. The van der Waals surface area contributed by atoms with Crippen LogP contribution in [0, 0.1) is 0 Å². The standard InChI is InChI=1S/C17H18BrNO2/c1-3-21-17(20)16-7-5-4-6-15(16)12(2)19-14-10-8-13(18)9-11-14/h4-12,19H,3H2,1-2H3/t12-/m0/s1. The Labute approximate surface area is 133 Å². The number of hydrogen-bond acceptors (Lipinski definition) is 3. The van der Waals surface area contributed by atoms with E-state index in [0.29, 0.717) is 12.2 Å². The van der Waals surface area contributed by atoms with Crippen LogP contribution < -0.4 is 5.32 Å². The van der Waals surface area contributed by atoms with Crippen LogP contribution >= 0.6 is 15.9 Å². The summed E-state index contributed by atoms with van der Waals surface area (Å²) < 4.78 is 6.15. The number of ether oxygens (including phenoxy) is 1. The molecule has 2 aromatic carbocycles. The van der Waals surface area contributed by atoms with Crippen LogP contribution in [0.3, 0.4) is 0 Å². The number of nitrogens with one attached hydrogen (secondary N) is 1. The number of anilines is 1. The molecule has 2 aromatic rings. The second-order valence-electron chi connectivity index (χ2n) is 4.68. The Morgan fingerprint density at radius 3 is 2.52 bits per heavy atom. The lowest BCUT2D eigenvalue weighted by atomic mass is 10.0. The Hall–Kier alpha value is -1.81. The van der Waals surface area contributed by atoms with E-state index in [1.165, 1.54) is 0 Å². The predicted octanol–water partition coefficient (Wildman–Crippen LogP) is 4.80. The molecule has 21 heavy (non-hydrogen) atoms. The van der Waals surface area contributed by atoms with Crippen molar-refractivity contribution in [3.63, 3.8) is 0 Å². The molecule has 0 saturated heterocycles. The fourth-order valence-corrected chi connectivity index (χ4v) is 2.41. The van der Waals surface area contributed by atoms with Gasteiger partial charge >= 0.3 is 5.97 Å². The monoisotopic (exact) mass is 347 g/mol. The quantitative estimate of drug-likeness (QED) is 0.789. The highest BCUT2D eigenvalue weighted by Crippen LogP contribution is 2.24. The first-order chi connectivity index (χ1) is 10.1. The van der Waals surface area contributed by atoms with E-state index < -0.39 is 0 Å². The Morgan fingerprint density at radius 2 is 1.86 bits per heavy atom. The number of carbonyl (C=O) groups is 1. The van der Waals surface area contributed by atoms with E-state index in [-0.39, 0.29) is 12.0 Å². The van der Waals surface area contributed by atoms with Crippen LogP contribution in [0.2, 0.25) is 0 Å². The van der Waals surface area contributed by atoms with Gasteiger partial charge in [0.15, 0.2) is 0 Å². The van der Waals surface area contributed by atoms with Gasteiger partial charge in [-0.15, -0.1) is 0 Å². The van der Waals surface area contributed by atoms with Gasteiger partial charge in [0.25, 0.3) is 0 Å². The van der Waals surface area contributed by atoms with Gasteiger partial charge in [-0.2, -0.15) is 0 Å². The van der Waals surface area contributed by atoms with Crippen molar-refractivity contribution >= 4 is 27.6 Å². The minimum absolute atomic E-state index is 0.00628. The van der Waals surface area contributed by atoms with Crippen molar-refractivity contribution in [2.45, 2.75) is 19.9 Å². The van der Waals surface area contributed by atoms with Crippen LogP contribution in [-0.4, -0.2) is 12.6 Å². The zero-order chi connectivity index (χ0) is 15.2. The zero-order valence-corrected chi connectivity index (χ0v) is 13.7. The van der Waals surface area contributed by atoms with Gasteiger partial charge in [0.05, 0.1) is 12.2 Å². The lowest BCUT2D eigenvalue weighted by molar-refractivity contribution is 0.0524. The number of rotatable bonds is 5. The third-order valence-electron chi connectivity index (χ3n) is 3.15. The van der Waals surface area contributed by atoms with Crippen molar-refractivity contribution in [3.05, 3.63) is 64.1 Å². The molecule has 1 atom stereocenters. The Balaban J connectivity index is 2.20. The van der Waals surface area contributed by atoms with Gasteiger partial charge in [-0.25, -0.2) is 4.79 Å². The fraction of sp³-hybridized carbons (Fsp3) is 0.235. The highest BCUT2D eigenvalue weighted by molar-refractivity contribution is 9.10. The van der Waals surface area contributed by atoms with Crippen LogP contribution in [0.4, 0.5) is 5.69 Å². The summed E-state index contributed by atoms with van der Waals surface area (Å²) >= 11 is 3.42. The first-order valence-corrected chi connectivity index (χ1v) is 7.69. The van der Waals surface area contributed by atoms with Crippen LogP contribution in [-0.2, 0) is 4.74 Å². The van der Waals surface area contributed by atoms with Crippen LogP contribution in [0.5, 0.6) is 0 Å². The fourth-order valence-electron chi connectivity index (χ4n) is 2.14. The number of halogens is 1. The third kappa shape index (κ3) is 4.08. The summed E-state index contributed by atoms with van der Waals surface area (Å²) in [5.41, 5.74) is 2.54. The summed E-state index contributed by atoms with van der Waals surface area (Å²) in [6.07, 6.45) is 0. The SMILES string of the molecule is CCOC(=O)c1ccccc1[C@H](C)Nc1ccc(Br)cc1. The molecule has 0 fully saturated rings. The van der Waals surface area contributed by atoms with Crippen molar-refractivity contribution in [1.82, 2.24) is 0 Å². The molecule has 0 aliphatic heterocycles. The first kappa shape index (κ1) is 15.6. The summed E-state index contributed by atoms with van der Waals surface area (Å²) in [5, 5.41) is 3.39. The largest absolute Gasteiger partial charge is 0.462 e. The molecule has 4 heteroatoms. The van der Waals surface area contributed by atoms with E-state index in [2.05, 4.69) is 21.2 Å². The predicted molar refractivity (Wildman–Crippen MR) is 88.6 cm³/mol. The lowest BCUT2D eigenvalue weighted by Crippen LogP contribution is -2.14. The minimum atomic E-state index is -0.280. The molecule has 0 heterocycles. The van der Waals surface area contributed by atoms with E-state index in [4.69, 9.17) is 4.74 Å². The van der Waals surface area contributed by atoms with Gasteiger partial charge < -0.3 is 10.1 Å². The molecule has 0 aliphatic rings. The van der Waals surface area contributed by atoms with Gasteiger partial charge in [-0.05, 0) is 49.7 Å². The number of benzene rings is 2. The smallest absolute Gasteiger partial charge is 0.338 e.